The molecule has 144 valence electrons. The van der Waals surface area contributed by atoms with E-state index in [1.165, 1.54) is 43.5 Å². The molecule has 0 aliphatic carbocycles. The van der Waals surface area contributed by atoms with Crippen LogP contribution in [-0.2, 0) is 11.2 Å². The lowest BCUT2D eigenvalue weighted by Crippen LogP contribution is -2.10. The third-order valence-electron chi connectivity index (χ3n) is 3.99. The van der Waals surface area contributed by atoms with Crippen molar-refractivity contribution >= 4 is 28.5 Å². The van der Waals surface area contributed by atoms with Crippen LogP contribution < -0.4 is 15.2 Å². The molecule has 10 nitrogen and oxygen atoms in total. The SMILES string of the molecule is COc1cc(CC(=O)O)ccc1Oc1ccc2[nH]c(C(N)=O)cc2c1[N+](=O)[O-]. The lowest BCUT2D eigenvalue weighted by molar-refractivity contribution is -0.383. The van der Waals surface area contributed by atoms with E-state index in [0.717, 1.165) is 0 Å². The molecule has 0 aliphatic heterocycles. The number of H-pyrrole nitrogens is 1. The Labute approximate surface area is 157 Å². The largest absolute Gasteiger partial charge is 0.493 e. The highest BCUT2D eigenvalue weighted by Gasteiger charge is 2.24. The Morgan fingerprint density at radius 1 is 1.18 bits per heavy atom. The van der Waals surface area contributed by atoms with E-state index in [4.69, 9.17) is 20.3 Å². The van der Waals surface area contributed by atoms with Gasteiger partial charge in [0.05, 0.1) is 29.4 Å². The van der Waals surface area contributed by atoms with Crippen molar-refractivity contribution in [2.24, 2.45) is 5.73 Å². The average Bonchev–Trinajstić information content (AvgIpc) is 3.06. The number of aromatic nitrogens is 1. The maximum Gasteiger partial charge on any atom is 0.320 e. The summed E-state index contributed by atoms with van der Waals surface area (Å²) in [7, 11) is 1.37. The zero-order chi connectivity index (χ0) is 20.4. The molecule has 10 heteroatoms. The van der Waals surface area contributed by atoms with E-state index >= 15 is 0 Å². The molecule has 2 aromatic carbocycles. The van der Waals surface area contributed by atoms with Crippen molar-refractivity contribution in [2.45, 2.75) is 6.42 Å². The predicted molar refractivity (Wildman–Crippen MR) is 97.9 cm³/mol. The van der Waals surface area contributed by atoms with E-state index in [9.17, 15) is 19.7 Å². The van der Waals surface area contributed by atoms with E-state index in [1.54, 1.807) is 0 Å². The Balaban J connectivity index is 2.06. The van der Waals surface area contributed by atoms with Gasteiger partial charge in [-0.25, -0.2) is 0 Å². The second-order valence-corrected chi connectivity index (χ2v) is 5.84. The van der Waals surface area contributed by atoms with Crippen molar-refractivity contribution in [3.63, 3.8) is 0 Å². The number of primary amides is 1. The van der Waals surface area contributed by atoms with Crippen molar-refractivity contribution < 1.29 is 29.1 Å². The normalized spacial score (nSPS) is 10.6. The van der Waals surface area contributed by atoms with Gasteiger partial charge in [-0.1, -0.05) is 6.07 Å². The molecule has 0 unspecified atom stereocenters. The van der Waals surface area contributed by atoms with Crippen LogP contribution in [0.1, 0.15) is 16.1 Å². The maximum atomic E-state index is 11.6. The maximum absolute atomic E-state index is 11.6. The minimum absolute atomic E-state index is 0.0332. The molecule has 1 heterocycles. The summed E-state index contributed by atoms with van der Waals surface area (Å²) in [5.41, 5.74) is 5.75. The van der Waals surface area contributed by atoms with Crippen molar-refractivity contribution in [1.82, 2.24) is 4.98 Å². The molecule has 0 saturated heterocycles. The fourth-order valence-corrected chi connectivity index (χ4v) is 2.77. The number of amides is 1. The van der Waals surface area contributed by atoms with Gasteiger partial charge in [-0.3, -0.25) is 19.7 Å². The predicted octanol–water partition coefficient (Wildman–Crippen LogP) is 2.60. The van der Waals surface area contributed by atoms with Crippen LogP contribution in [0.2, 0.25) is 0 Å². The van der Waals surface area contributed by atoms with Gasteiger partial charge < -0.3 is 25.3 Å². The number of carboxylic acids is 1. The Hall–Kier alpha value is -4.08. The highest BCUT2D eigenvalue weighted by molar-refractivity contribution is 6.01. The minimum Gasteiger partial charge on any atom is -0.493 e. The molecule has 3 rings (SSSR count). The fourth-order valence-electron chi connectivity index (χ4n) is 2.77. The van der Waals surface area contributed by atoms with E-state index in [-0.39, 0.29) is 40.4 Å². The highest BCUT2D eigenvalue weighted by atomic mass is 16.6. The first kappa shape index (κ1) is 18.7. The molecule has 3 aromatic rings. The number of nitro benzene ring substituents is 1. The van der Waals surface area contributed by atoms with Crippen molar-refractivity contribution in [1.29, 1.82) is 0 Å². The molecular formula is C18H15N3O7. The lowest BCUT2D eigenvalue weighted by atomic mass is 10.1. The molecule has 0 bridgehead atoms. The fraction of sp³-hybridized carbons (Fsp3) is 0.111. The van der Waals surface area contributed by atoms with Crippen molar-refractivity contribution in [2.75, 3.05) is 7.11 Å². The van der Waals surface area contributed by atoms with Gasteiger partial charge in [0.25, 0.3) is 5.91 Å². The molecule has 0 atom stereocenters. The number of nitro groups is 1. The van der Waals surface area contributed by atoms with Gasteiger partial charge in [0.1, 0.15) is 5.69 Å². The second kappa shape index (κ2) is 7.27. The van der Waals surface area contributed by atoms with E-state index in [1.807, 2.05) is 0 Å². The number of carbonyl (C=O) groups excluding carboxylic acids is 1. The van der Waals surface area contributed by atoms with Gasteiger partial charge in [-0.2, -0.15) is 0 Å². The Morgan fingerprint density at radius 3 is 2.50 bits per heavy atom. The average molecular weight is 385 g/mol. The van der Waals surface area contributed by atoms with Crippen molar-refractivity contribution in [3.8, 4) is 17.2 Å². The van der Waals surface area contributed by atoms with Gasteiger partial charge >= 0.3 is 11.7 Å². The lowest BCUT2D eigenvalue weighted by Gasteiger charge is -2.12. The highest BCUT2D eigenvalue weighted by Crippen LogP contribution is 2.40. The molecule has 0 spiro atoms. The van der Waals surface area contributed by atoms with E-state index in [2.05, 4.69) is 4.98 Å². The number of hydrogen-bond donors (Lipinski definition) is 3. The van der Waals surface area contributed by atoms with Gasteiger partial charge in [0, 0.05) is 0 Å². The summed E-state index contributed by atoms with van der Waals surface area (Å²) in [4.78, 5) is 35.9. The topological polar surface area (TPSA) is 158 Å². The number of ether oxygens (including phenoxy) is 2. The number of carbonyl (C=O) groups is 2. The number of rotatable bonds is 7. The van der Waals surface area contributed by atoms with E-state index in [0.29, 0.717) is 11.1 Å². The number of fused-ring (bicyclic) bond motifs is 1. The zero-order valence-electron chi connectivity index (χ0n) is 14.6. The quantitative estimate of drug-likeness (QED) is 0.416. The van der Waals surface area contributed by atoms with Crippen LogP contribution in [-0.4, -0.2) is 34.0 Å². The number of nitrogens with one attached hydrogen (secondary N) is 1. The molecule has 28 heavy (non-hydrogen) atoms. The van der Waals surface area contributed by atoms with E-state index < -0.39 is 16.8 Å². The summed E-state index contributed by atoms with van der Waals surface area (Å²) in [5, 5.41) is 20.7. The van der Waals surface area contributed by atoms with Crippen LogP contribution in [0.25, 0.3) is 10.9 Å². The molecule has 1 aromatic heterocycles. The number of aromatic amines is 1. The number of methoxy groups -OCH3 is 1. The third-order valence-corrected chi connectivity index (χ3v) is 3.99. The standard InChI is InChI=1S/C18H15N3O7/c1-27-15-6-9(7-16(22)23)2-4-13(15)28-14-5-3-11-10(17(14)21(25)26)8-12(20-11)18(19)24/h2-6,8,20H,7H2,1H3,(H2,19,24)(H,22,23). The third kappa shape index (κ3) is 3.56. The van der Waals surface area contributed by atoms with Crippen LogP contribution >= 0.6 is 0 Å². The summed E-state index contributed by atoms with van der Waals surface area (Å²) in [6.07, 6.45) is -0.206. The second-order valence-electron chi connectivity index (χ2n) is 5.84. The van der Waals surface area contributed by atoms with Crippen LogP contribution in [0.5, 0.6) is 17.2 Å². The van der Waals surface area contributed by atoms with Crippen molar-refractivity contribution in [3.05, 3.63) is 57.8 Å². The Morgan fingerprint density at radius 2 is 1.89 bits per heavy atom. The molecule has 0 fully saturated rings. The van der Waals surface area contributed by atoms with Crippen LogP contribution in [0.15, 0.2) is 36.4 Å². The molecule has 0 aliphatic rings. The van der Waals surface area contributed by atoms with Gasteiger partial charge in [0.15, 0.2) is 11.5 Å². The van der Waals surface area contributed by atoms with Crippen LogP contribution in [0.4, 0.5) is 5.69 Å². The molecule has 0 saturated carbocycles. The molecule has 0 radical (unpaired) electrons. The summed E-state index contributed by atoms with van der Waals surface area (Å²) in [6, 6.07) is 8.67. The molecular weight excluding hydrogens is 370 g/mol. The first-order valence-corrected chi connectivity index (χ1v) is 7.96. The Kier molecular flexibility index (Phi) is 4.86. The number of nitrogens with zero attached hydrogens (tertiary/aromatic N) is 1. The summed E-state index contributed by atoms with van der Waals surface area (Å²) < 4.78 is 10.9. The smallest absolute Gasteiger partial charge is 0.320 e. The van der Waals surface area contributed by atoms with Gasteiger partial charge in [0.2, 0.25) is 5.75 Å². The summed E-state index contributed by atoms with van der Waals surface area (Å²) in [6.45, 7) is 0. The monoisotopic (exact) mass is 385 g/mol. The number of benzene rings is 2. The van der Waals surface area contributed by atoms with Crippen LogP contribution in [0, 0.1) is 10.1 Å². The summed E-state index contributed by atoms with van der Waals surface area (Å²) >= 11 is 0. The first-order chi connectivity index (χ1) is 13.3. The van der Waals surface area contributed by atoms with Gasteiger partial charge in [-0.15, -0.1) is 0 Å². The summed E-state index contributed by atoms with van der Waals surface area (Å²) in [5.74, 6) is -1.43. The number of nitrogens with two attached hydrogens (primary N) is 1. The number of carboxylic acid groups (broad SMARTS) is 1. The van der Waals surface area contributed by atoms with Gasteiger partial charge in [-0.05, 0) is 35.9 Å². The molecule has 1 amide bonds. The van der Waals surface area contributed by atoms with Crippen LogP contribution in [0.3, 0.4) is 0 Å². The number of hydrogen-bond acceptors (Lipinski definition) is 6. The molecule has 4 N–H and O–H groups in total. The zero-order valence-corrected chi connectivity index (χ0v) is 14.6. The Bertz CT molecular complexity index is 1100. The minimum atomic E-state index is -1.01. The first-order valence-electron chi connectivity index (χ1n) is 7.96. The number of aliphatic carboxylic acids is 1.